The summed E-state index contributed by atoms with van der Waals surface area (Å²) in [6.45, 7) is 4.94. The lowest BCUT2D eigenvalue weighted by atomic mass is 10.1. The van der Waals surface area contributed by atoms with E-state index in [0.29, 0.717) is 0 Å². The third-order valence-electron chi connectivity index (χ3n) is 2.57. The second-order valence-corrected chi connectivity index (χ2v) is 9.24. The fourth-order valence-electron chi connectivity index (χ4n) is 1.37. The molecule has 9 heteroatoms. The van der Waals surface area contributed by atoms with E-state index in [9.17, 15) is 16.8 Å². The van der Waals surface area contributed by atoms with Crippen molar-refractivity contribution in [2.75, 3.05) is 12.3 Å². The van der Waals surface area contributed by atoms with Crippen molar-refractivity contribution in [3.05, 3.63) is 24.3 Å². The van der Waals surface area contributed by atoms with Crippen molar-refractivity contribution in [3.8, 4) is 0 Å². The third-order valence-corrected chi connectivity index (χ3v) is 5.70. The van der Waals surface area contributed by atoms with Gasteiger partial charge in [0.25, 0.3) is 0 Å². The molecule has 0 aliphatic rings. The van der Waals surface area contributed by atoms with Gasteiger partial charge in [0.1, 0.15) is 0 Å². The highest BCUT2D eigenvalue weighted by Gasteiger charge is 2.21. The highest BCUT2D eigenvalue weighted by Crippen LogP contribution is 2.17. The average Bonchev–Trinajstić information content (AvgIpc) is 2.36. The first-order chi connectivity index (χ1) is 8.98. The molecule has 0 saturated heterocycles. The Balaban J connectivity index is 0.00000400. The molecule has 0 fully saturated rings. The van der Waals surface area contributed by atoms with Crippen molar-refractivity contribution in [1.82, 2.24) is 4.72 Å². The van der Waals surface area contributed by atoms with E-state index >= 15 is 0 Å². The molecule has 3 N–H and O–H groups in total. The minimum atomic E-state index is -3.78. The zero-order valence-corrected chi connectivity index (χ0v) is 14.6. The Morgan fingerprint density at radius 1 is 1.14 bits per heavy atom. The van der Waals surface area contributed by atoms with Crippen molar-refractivity contribution >= 4 is 32.3 Å². The van der Waals surface area contributed by atoms with Crippen molar-refractivity contribution < 1.29 is 16.8 Å². The van der Waals surface area contributed by atoms with Crippen LogP contribution in [0.4, 0.5) is 0 Å². The van der Waals surface area contributed by atoms with Gasteiger partial charge >= 0.3 is 0 Å². The molecule has 122 valence electrons. The number of hydrogen-bond donors (Lipinski definition) is 2. The predicted molar refractivity (Wildman–Crippen MR) is 84.9 cm³/mol. The first-order valence-corrected chi connectivity index (χ1v) is 9.23. The van der Waals surface area contributed by atoms with Gasteiger partial charge in [0, 0.05) is 12.1 Å². The van der Waals surface area contributed by atoms with E-state index in [2.05, 4.69) is 4.72 Å². The van der Waals surface area contributed by atoms with E-state index in [4.69, 9.17) is 5.73 Å². The first kappa shape index (κ1) is 20.3. The molecule has 0 aromatic heterocycles. The quantitative estimate of drug-likeness (QED) is 0.788. The Kier molecular flexibility index (Phi) is 6.83. The van der Waals surface area contributed by atoms with Gasteiger partial charge in [-0.3, -0.25) is 0 Å². The number of nitrogens with one attached hydrogen (secondary N) is 1. The Morgan fingerprint density at radius 3 is 2.14 bits per heavy atom. The molecule has 1 rings (SSSR count). The number of halogens is 1. The molecular weight excluding hydrogens is 336 g/mol. The molecule has 0 saturated carbocycles. The number of hydrogen-bond acceptors (Lipinski definition) is 5. The van der Waals surface area contributed by atoms with Gasteiger partial charge in [0.05, 0.1) is 15.5 Å². The molecule has 0 heterocycles. The Morgan fingerprint density at radius 2 is 1.67 bits per heavy atom. The number of nitrogens with two attached hydrogens (primary N) is 1. The molecule has 6 nitrogen and oxygen atoms in total. The molecule has 0 atom stereocenters. The topological polar surface area (TPSA) is 106 Å². The summed E-state index contributed by atoms with van der Waals surface area (Å²) in [4.78, 5) is -0.0915. The summed E-state index contributed by atoms with van der Waals surface area (Å²) in [6, 6.07) is 5.29. The van der Waals surface area contributed by atoms with Gasteiger partial charge < -0.3 is 5.73 Å². The van der Waals surface area contributed by atoms with Crippen LogP contribution in [0.15, 0.2) is 34.1 Å². The minimum Gasteiger partial charge on any atom is -0.324 e. The predicted octanol–water partition coefficient (Wildman–Crippen LogP) is 0.918. The standard InChI is InChI=1S/C12H20N2O4S2.ClH/c1-4-19(15,16)10-6-5-7-11(8-10)20(17,18)14-9-12(2,3)13;/h5-8,14H,4,9,13H2,1-3H3;1H. The SMILES string of the molecule is CCS(=O)(=O)c1cccc(S(=O)(=O)NCC(C)(C)N)c1.Cl. The fraction of sp³-hybridized carbons (Fsp3) is 0.500. The summed E-state index contributed by atoms with van der Waals surface area (Å²) in [5.74, 6) is -0.0836. The summed E-state index contributed by atoms with van der Waals surface area (Å²) in [7, 11) is -7.22. The van der Waals surface area contributed by atoms with Crippen LogP contribution in [0.3, 0.4) is 0 Å². The maximum absolute atomic E-state index is 12.1. The van der Waals surface area contributed by atoms with Gasteiger partial charge in [-0.25, -0.2) is 21.6 Å². The summed E-state index contributed by atoms with van der Waals surface area (Å²) in [5, 5.41) is 0. The Labute approximate surface area is 132 Å². The van der Waals surface area contributed by atoms with Crippen LogP contribution in [-0.2, 0) is 19.9 Å². The lowest BCUT2D eigenvalue weighted by Gasteiger charge is -2.19. The summed E-state index contributed by atoms with van der Waals surface area (Å²) in [6.07, 6.45) is 0. The molecule has 21 heavy (non-hydrogen) atoms. The van der Waals surface area contributed by atoms with E-state index in [-0.39, 0.29) is 34.5 Å². The summed E-state index contributed by atoms with van der Waals surface area (Å²) < 4.78 is 50.1. The minimum absolute atomic E-state index is 0. The molecule has 0 amide bonds. The van der Waals surface area contributed by atoms with Crippen molar-refractivity contribution in [1.29, 1.82) is 0 Å². The molecule has 0 aliphatic heterocycles. The van der Waals surface area contributed by atoms with Gasteiger partial charge in [0.15, 0.2) is 9.84 Å². The number of sulfonamides is 1. The van der Waals surface area contributed by atoms with E-state index < -0.39 is 25.4 Å². The second kappa shape index (κ2) is 7.06. The normalized spacial score (nSPS) is 12.8. The highest BCUT2D eigenvalue weighted by atomic mass is 35.5. The zero-order chi connectivity index (χ0) is 15.6. The summed E-state index contributed by atoms with van der Waals surface area (Å²) >= 11 is 0. The largest absolute Gasteiger partial charge is 0.324 e. The molecule has 0 unspecified atom stereocenters. The van der Waals surface area contributed by atoms with Gasteiger partial charge in [-0.1, -0.05) is 13.0 Å². The van der Waals surface area contributed by atoms with Crippen LogP contribution in [0, 0.1) is 0 Å². The Hall–Kier alpha value is -0.670. The monoisotopic (exact) mass is 356 g/mol. The average molecular weight is 357 g/mol. The smallest absolute Gasteiger partial charge is 0.240 e. The van der Waals surface area contributed by atoms with E-state index in [1.165, 1.54) is 25.1 Å². The van der Waals surface area contributed by atoms with E-state index in [0.717, 1.165) is 6.07 Å². The molecule has 0 bridgehead atoms. The maximum Gasteiger partial charge on any atom is 0.240 e. The van der Waals surface area contributed by atoms with Crippen LogP contribution in [0.5, 0.6) is 0 Å². The first-order valence-electron chi connectivity index (χ1n) is 6.09. The van der Waals surface area contributed by atoms with Crippen LogP contribution in [0.2, 0.25) is 0 Å². The second-order valence-electron chi connectivity index (χ2n) is 5.19. The van der Waals surface area contributed by atoms with Crippen molar-refractivity contribution in [2.24, 2.45) is 5.73 Å². The van der Waals surface area contributed by atoms with Gasteiger partial charge in [-0.15, -0.1) is 12.4 Å². The van der Waals surface area contributed by atoms with Crippen molar-refractivity contribution in [3.63, 3.8) is 0 Å². The number of rotatable bonds is 6. The van der Waals surface area contributed by atoms with Crippen LogP contribution in [0.1, 0.15) is 20.8 Å². The number of sulfone groups is 1. The Bertz CT molecular complexity index is 679. The van der Waals surface area contributed by atoms with Crippen LogP contribution in [0.25, 0.3) is 0 Å². The van der Waals surface area contributed by atoms with E-state index in [1.807, 2.05) is 0 Å². The van der Waals surface area contributed by atoms with Gasteiger partial charge in [0.2, 0.25) is 10.0 Å². The molecule has 0 aliphatic carbocycles. The number of benzene rings is 1. The lowest BCUT2D eigenvalue weighted by molar-refractivity contribution is 0.498. The summed E-state index contributed by atoms with van der Waals surface area (Å²) in [5.41, 5.74) is 5.02. The third kappa shape index (κ3) is 5.91. The van der Waals surface area contributed by atoms with Crippen molar-refractivity contribution in [2.45, 2.75) is 36.1 Å². The molecule has 1 aromatic rings. The highest BCUT2D eigenvalue weighted by molar-refractivity contribution is 7.91. The van der Waals surface area contributed by atoms with Gasteiger partial charge in [-0.2, -0.15) is 0 Å². The van der Waals surface area contributed by atoms with Crippen LogP contribution in [-0.4, -0.2) is 34.7 Å². The lowest BCUT2D eigenvalue weighted by Crippen LogP contribution is -2.45. The van der Waals surface area contributed by atoms with Crippen LogP contribution >= 0.6 is 12.4 Å². The molecule has 0 spiro atoms. The zero-order valence-electron chi connectivity index (χ0n) is 12.2. The fourth-order valence-corrected chi connectivity index (χ4v) is 3.63. The maximum atomic E-state index is 12.1. The molecule has 1 aromatic carbocycles. The van der Waals surface area contributed by atoms with Gasteiger partial charge in [-0.05, 0) is 32.0 Å². The molecular formula is C12H21ClN2O4S2. The van der Waals surface area contributed by atoms with E-state index in [1.54, 1.807) is 13.8 Å². The van der Waals surface area contributed by atoms with Crippen LogP contribution < -0.4 is 10.5 Å². The molecule has 0 radical (unpaired) electrons.